The van der Waals surface area contributed by atoms with Gasteiger partial charge in [0, 0.05) is 51.1 Å². The number of aromatic nitrogens is 2. The lowest BCUT2D eigenvalue weighted by Gasteiger charge is -2.32. The van der Waals surface area contributed by atoms with Gasteiger partial charge in [-0.3, -0.25) is 9.78 Å². The molecule has 0 spiro atoms. The molecule has 0 radical (unpaired) electrons. The van der Waals surface area contributed by atoms with Crippen LogP contribution in [0.4, 0.5) is 4.39 Å². The molecule has 1 saturated heterocycles. The molecule has 1 fully saturated rings. The number of nitrogens with zero attached hydrogens (tertiary/aromatic N) is 3. The second kappa shape index (κ2) is 8.93. The number of pyridine rings is 1. The van der Waals surface area contributed by atoms with Crippen LogP contribution in [-0.2, 0) is 17.8 Å². The summed E-state index contributed by atoms with van der Waals surface area (Å²) in [5.41, 5.74) is 8.98. The van der Waals surface area contributed by atoms with E-state index < -0.39 is 0 Å². The summed E-state index contributed by atoms with van der Waals surface area (Å²) < 4.78 is 21.6. The Morgan fingerprint density at radius 2 is 2.07 bits per heavy atom. The number of nitrogens with two attached hydrogens (primary N) is 1. The van der Waals surface area contributed by atoms with Crippen molar-refractivity contribution in [2.24, 2.45) is 5.73 Å². The number of carbonyl (C=O) groups is 1. The van der Waals surface area contributed by atoms with E-state index >= 15 is 0 Å². The molecule has 7 heteroatoms. The van der Waals surface area contributed by atoms with E-state index in [1.54, 1.807) is 25.6 Å². The van der Waals surface area contributed by atoms with Gasteiger partial charge in [0.15, 0.2) is 0 Å². The average Bonchev–Trinajstić information content (AvgIpc) is 3.16. The number of fused-ring (bicyclic) bond motifs is 1. The lowest BCUT2D eigenvalue weighted by molar-refractivity contribution is 0.0699. The molecule has 0 unspecified atom stereocenters. The first kappa shape index (κ1) is 20.5. The van der Waals surface area contributed by atoms with Gasteiger partial charge in [0.2, 0.25) is 0 Å². The molecule has 3 aromatic rings. The number of ether oxygens (including phenoxy) is 1. The minimum Gasteiger partial charge on any atom is -0.383 e. The molecule has 4 rings (SSSR count). The predicted molar refractivity (Wildman–Crippen MR) is 114 cm³/mol. The quantitative estimate of drug-likeness (QED) is 0.677. The van der Waals surface area contributed by atoms with Crippen LogP contribution in [0.1, 0.15) is 40.4 Å². The number of piperidine rings is 1. The van der Waals surface area contributed by atoms with Gasteiger partial charge in [-0.05, 0) is 48.1 Å². The minimum atomic E-state index is -0.191. The van der Waals surface area contributed by atoms with E-state index in [0.717, 1.165) is 29.3 Å². The maximum atomic E-state index is 14.4. The van der Waals surface area contributed by atoms with Gasteiger partial charge in [0.25, 0.3) is 5.91 Å². The van der Waals surface area contributed by atoms with Crippen LogP contribution < -0.4 is 5.73 Å². The van der Waals surface area contributed by atoms with Gasteiger partial charge in [-0.15, -0.1) is 0 Å². The highest BCUT2D eigenvalue weighted by molar-refractivity contribution is 5.98. The molecule has 0 bridgehead atoms. The molecule has 1 aromatic carbocycles. The maximum Gasteiger partial charge on any atom is 0.270 e. The first-order valence-electron chi connectivity index (χ1n) is 10.3. The fourth-order valence-corrected chi connectivity index (χ4v) is 4.30. The molecule has 0 atom stereocenters. The van der Waals surface area contributed by atoms with E-state index in [0.29, 0.717) is 44.0 Å². The first-order valence-corrected chi connectivity index (χ1v) is 10.3. The van der Waals surface area contributed by atoms with Crippen molar-refractivity contribution in [2.45, 2.75) is 31.8 Å². The highest BCUT2D eigenvalue weighted by atomic mass is 19.1. The SMILES string of the molecule is COCCn1c(C(=O)N2CCC(c3cc(CN)ccc3F)CC2)cc2cnccc21. The molecule has 0 saturated carbocycles. The number of rotatable bonds is 6. The third kappa shape index (κ3) is 3.95. The number of halogens is 1. The molecule has 2 N–H and O–H groups in total. The Hall–Kier alpha value is -2.77. The Balaban J connectivity index is 1.52. The Kier molecular flexibility index (Phi) is 6.11. The smallest absolute Gasteiger partial charge is 0.270 e. The van der Waals surface area contributed by atoms with Gasteiger partial charge in [0.1, 0.15) is 11.5 Å². The number of methoxy groups -OCH3 is 1. The normalized spacial score (nSPS) is 15.1. The molecule has 1 amide bonds. The number of hydrogen-bond acceptors (Lipinski definition) is 4. The number of hydrogen-bond donors (Lipinski definition) is 1. The van der Waals surface area contributed by atoms with E-state index in [1.807, 2.05) is 27.7 Å². The zero-order valence-electron chi connectivity index (χ0n) is 17.2. The van der Waals surface area contributed by atoms with Crippen LogP contribution in [0.5, 0.6) is 0 Å². The molecular formula is C23H27FN4O2. The Morgan fingerprint density at radius 3 is 2.80 bits per heavy atom. The average molecular weight is 410 g/mol. The maximum absolute atomic E-state index is 14.4. The number of amides is 1. The van der Waals surface area contributed by atoms with Gasteiger partial charge in [-0.2, -0.15) is 0 Å². The van der Waals surface area contributed by atoms with Gasteiger partial charge < -0.3 is 19.9 Å². The summed E-state index contributed by atoms with van der Waals surface area (Å²) >= 11 is 0. The van der Waals surface area contributed by atoms with Gasteiger partial charge in [-0.25, -0.2) is 4.39 Å². The largest absolute Gasteiger partial charge is 0.383 e. The molecule has 2 aromatic heterocycles. The van der Waals surface area contributed by atoms with E-state index in [4.69, 9.17) is 10.5 Å². The van der Waals surface area contributed by atoms with Gasteiger partial charge in [0.05, 0.1) is 12.1 Å². The first-order chi connectivity index (χ1) is 14.6. The number of likely N-dealkylation sites (tertiary alicyclic amines) is 1. The summed E-state index contributed by atoms with van der Waals surface area (Å²) in [4.78, 5) is 19.4. The predicted octanol–water partition coefficient (Wildman–Crippen LogP) is 3.30. The summed E-state index contributed by atoms with van der Waals surface area (Å²) in [5.74, 6) is -0.0924. The molecule has 1 aliphatic heterocycles. The Morgan fingerprint density at radius 1 is 1.27 bits per heavy atom. The van der Waals surface area contributed by atoms with Crippen molar-refractivity contribution in [3.63, 3.8) is 0 Å². The third-order valence-corrected chi connectivity index (χ3v) is 5.96. The van der Waals surface area contributed by atoms with E-state index in [1.165, 1.54) is 6.07 Å². The van der Waals surface area contributed by atoms with Crippen molar-refractivity contribution in [1.29, 1.82) is 0 Å². The number of carbonyl (C=O) groups excluding carboxylic acids is 1. The molecule has 158 valence electrons. The standard InChI is InChI=1S/C23H27FN4O2/c1-30-11-10-28-21-4-7-26-15-18(21)13-22(28)23(29)27-8-5-17(6-9-27)19-12-16(14-25)2-3-20(19)24/h2-4,7,12-13,15,17H,5-6,8-11,14,25H2,1H3. The molecular weight excluding hydrogens is 383 g/mol. The molecule has 30 heavy (non-hydrogen) atoms. The van der Waals surface area contributed by atoms with Crippen LogP contribution in [0.25, 0.3) is 10.9 Å². The van der Waals surface area contributed by atoms with Crippen LogP contribution >= 0.6 is 0 Å². The fraction of sp³-hybridized carbons (Fsp3) is 0.391. The highest BCUT2D eigenvalue weighted by Crippen LogP contribution is 2.31. The van der Waals surface area contributed by atoms with Gasteiger partial charge in [-0.1, -0.05) is 12.1 Å². The highest BCUT2D eigenvalue weighted by Gasteiger charge is 2.28. The third-order valence-electron chi connectivity index (χ3n) is 5.96. The molecule has 0 aliphatic carbocycles. The summed E-state index contributed by atoms with van der Waals surface area (Å²) in [6.07, 6.45) is 4.97. The van der Waals surface area contributed by atoms with Crippen LogP contribution in [0.3, 0.4) is 0 Å². The summed E-state index contributed by atoms with van der Waals surface area (Å²) in [6.45, 7) is 2.70. The van der Waals surface area contributed by atoms with Crippen molar-refractivity contribution in [3.8, 4) is 0 Å². The summed E-state index contributed by atoms with van der Waals surface area (Å²) in [7, 11) is 1.65. The van der Waals surface area contributed by atoms with Crippen LogP contribution in [0.15, 0.2) is 42.7 Å². The Labute approximate surface area is 175 Å². The summed E-state index contributed by atoms with van der Waals surface area (Å²) in [6, 6.07) is 8.91. The molecule has 1 aliphatic rings. The second-order valence-corrected chi connectivity index (χ2v) is 7.73. The van der Waals surface area contributed by atoms with Crippen molar-refractivity contribution in [1.82, 2.24) is 14.5 Å². The van der Waals surface area contributed by atoms with Crippen LogP contribution in [0.2, 0.25) is 0 Å². The zero-order chi connectivity index (χ0) is 21.1. The Bertz CT molecular complexity index is 1040. The molecule has 6 nitrogen and oxygen atoms in total. The van der Waals surface area contributed by atoms with Crippen molar-refractivity contribution in [2.75, 3.05) is 26.8 Å². The topological polar surface area (TPSA) is 73.4 Å². The van der Waals surface area contributed by atoms with E-state index in [-0.39, 0.29) is 17.6 Å². The fourth-order valence-electron chi connectivity index (χ4n) is 4.30. The minimum absolute atomic E-state index is 0.00284. The zero-order valence-corrected chi connectivity index (χ0v) is 17.2. The second-order valence-electron chi connectivity index (χ2n) is 7.73. The van der Waals surface area contributed by atoms with Crippen molar-refractivity contribution >= 4 is 16.8 Å². The van der Waals surface area contributed by atoms with Crippen molar-refractivity contribution < 1.29 is 13.9 Å². The monoisotopic (exact) mass is 410 g/mol. The number of benzene rings is 1. The van der Waals surface area contributed by atoms with Crippen molar-refractivity contribution in [3.05, 3.63) is 65.4 Å². The lowest BCUT2D eigenvalue weighted by atomic mass is 9.88. The lowest BCUT2D eigenvalue weighted by Crippen LogP contribution is -2.39. The van der Waals surface area contributed by atoms with E-state index in [9.17, 15) is 9.18 Å². The van der Waals surface area contributed by atoms with Crippen LogP contribution in [-0.4, -0.2) is 47.2 Å². The van der Waals surface area contributed by atoms with Gasteiger partial charge >= 0.3 is 0 Å². The molecule has 3 heterocycles. The summed E-state index contributed by atoms with van der Waals surface area (Å²) in [5, 5.41) is 0.938. The van der Waals surface area contributed by atoms with E-state index in [2.05, 4.69) is 4.98 Å². The van der Waals surface area contributed by atoms with Crippen LogP contribution in [0, 0.1) is 5.82 Å².